The third-order valence-electron chi connectivity index (χ3n) is 2.86. The zero-order valence-electron chi connectivity index (χ0n) is 11.6. The molecule has 0 spiro atoms. The molecule has 0 bridgehead atoms. The first-order chi connectivity index (χ1) is 10.0. The maximum absolute atomic E-state index is 12.2. The fourth-order valence-corrected chi connectivity index (χ4v) is 5.87. The summed E-state index contributed by atoms with van der Waals surface area (Å²) in [6.07, 6.45) is 1.33. The van der Waals surface area contributed by atoms with Gasteiger partial charge >= 0.3 is 0 Å². The van der Waals surface area contributed by atoms with Crippen LogP contribution in [0.4, 0.5) is 5.82 Å². The smallest absolute Gasteiger partial charge is 0.242 e. The number of aromatic nitrogens is 1. The molecule has 1 aliphatic heterocycles. The molecule has 1 unspecified atom stereocenters. The van der Waals surface area contributed by atoms with Gasteiger partial charge in [0.2, 0.25) is 10.0 Å². The summed E-state index contributed by atoms with van der Waals surface area (Å²) < 4.78 is 27.1. The van der Waals surface area contributed by atoms with Crippen molar-refractivity contribution in [2.24, 2.45) is 0 Å². The minimum Gasteiger partial charge on any atom is -0.369 e. The third kappa shape index (κ3) is 4.92. The highest BCUT2D eigenvalue weighted by atomic mass is 35.5. The Labute approximate surface area is 139 Å². The Morgan fingerprint density at radius 3 is 2.90 bits per heavy atom. The van der Waals surface area contributed by atoms with E-state index in [0.29, 0.717) is 29.2 Å². The van der Waals surface area contributed by atoms with Crippen LogP contribution in [0.15, 0.2) is 17.2 Å². The largest absolute Gasteiger partial charge is 0.369 e. The SMILES string of the molecule is CCNc1ncc(S(=O)(=O)NCC2CSCCS2)cc1Cl. The molecule has 0 saturated carbocycles. The second-order valence-electron chi connectivity index (χ2n) is 4.45. The van der Waals surface area contributed by atoms with Gasteiger partial charge in [0.25, 0.3) is 0 Å². The van der Waals surface area contributed by atoms with Crippen molar-refractivity contribution in [2.75, 3.05) is 35.7 Å². The summed E-state index contributed by atoms with van der Waals surface area (Å²) >= 11 is 9.71. The predicted molar refractivity (Wildman–Crippen MR) is 92.2 cm³/mol. The van der Waals surface area contributed by atoms with Gasteiger partial charge in [0.15, 0.2) is 0 Å². The summed E-state index contributed by atoms with van der Waals surface area (Å²) in [5.41, 5.74) is 0. The van der Waals surface area contributed by atoms with E-state index in [1.54, 1.807) is 0 Å². The summed E-state index contributed by atoms with van der Waals surface area (Å²) in [5.74, 6) is 3.68. The number of anilines is 1. The van der Waals surface area contributed by atoms with E-state index < -0.39 is 10.0 Å². The van der Waals surface area contributed by atoms with Crippen LogP contribution < -0.4 is 10.0 Å². The van der Waals surface area contributed by atoms with Crippen LogP contribution in [0.3, 0.4) is 0 Å². The third-order valence-corrected chi connectivity index (χ3v) is 7.38. The quantitative estimate of drug-likeness (QED) is 0.803. The van der Waals surface area contributed by atoms with Gasteiger partial charge in [-0.2, -0.15) is 23.5 Å². The number of hydrogen-bond acceptors (Lipinski definition) is 6. The van der Waals surface area contributed by atoms with E-state index in [0.717, 1.165) is 17.3 Å². The Kier molecular flexibility index (Phi) is 6.49. The molecule has 0 aromatic carbocycles. The average Bonchev–Trinajstić information content (AvgIpc) is 2.48. The number of halogens is 1. The van der Waals surface area contributed by atoms with Gasteiger partial charge < -0.3 is 5.32 Å². The Hall–Kier alpha value is -0.150. The molecule has 1 fully saturated rings. The molecule has 2 N–H and O–H groups in total. The maximum atomic E-state index is 12.2. The van der Waals surface area contributed by atoms with Crippen LogP contribution in [0, 0.1) is 0 Å². The summed E-state index contributed by atoms with van der Waals surface area (Å²) in [7, 11) is -3.56. The zero-order valence-corrected chi connectivity index (χ0v) is 14.8. The van der Waals surface area contributed by atoms with Crippen molar-refractivity contribution >= 4 is 51.0 Å². The van der Waals surface area contributed by atoms with Gasteiger partial charge in [0.05, 0.1) is 5.02 Å². The summed E-state index contributed by atoms with van der Waals surface area (Å²) in [6, 6.07) is 1.43. The lowest BCUT2D eigenvalue weighted by molar-refractivity contribution is 0.581. The molecule has 2 heterocycles. The molecule has 1 aliphatic rings. The molecule has 0 radical (unpaired) electrons. The molecular formula is C12H18ClN3O2S3. The molecule has 21 heavy (non-hydrogen) atoms. The zero-order chi connectivity index (χ0) is 15.3. The van der Waals surface area contributed by atoms with E-state index in [2.05, 4.69) is 15.0 Å². The molecule has 2 rings (SSSR count). The van der Waals surface area contributed by atoms with Crippen LogP contribution in [-0.2, 0) is 10.0 Å². The van der Waals surface area contributed by atoms with Crippen molar-refractivity contribution < 1.29 is 8.42 Å². The Morgan fingerprint density at radius 2 is 2.29 bits per heavy atom. The van der Waals surface area contributed by atoms with Crippen molar-refractivity contribution in [3.8, 4) is 0 Å². The van der Waals surface area contributed by atoms with Crippen molar-refractivity contribution in [1.82, 2.24) is 9.71 Å². The number of rotatable bonds is 6. The van der Waals surface area contributed by atoms with Gasteiger partial charge in [-0.3, -0.25) is 0 Å². The molecular weight excluding hydrogens is 350 g/mol. The van der Waals surface area contributed by atoms with Gasteiger partial charge in [0.1, 0.15) is 10.7 Å². The Balaban J connectivity index is 2.03. The van der Waals surface area contributed by atoms with E-state index in [9.17, 15) is 8.42 Å². The minimum absolute atomic E-state index is 0.0996. The maximum Gasteiger partial charge on any atom is 0.242 e. The number of nitrogens with zero attached hydrogens (tertiary/aromatic N) is 1. The second kappa shape index (κ2) is 7.92. The number of pyridine rings is 1. The normalized spacial score (nSPS) is 19.4. The summed E-state index contributed by atoms with van der Waals surface area (Å²) in [5, 5.41) is 3.60. The van der Waals surface area contributed by atoms with Crippen molar-refractivity contribution in [3.05, 3.63) is 17.3 Å². The lowest BCUT2D eigenvalue weighted by Crippen LogP contribution is -2.33. The van der Waals surface area contributed by atoms with Crippen LogP contribution in [0.25, 0.3) is 0 Å². The van der Waals surface area contributed by atoms with Gasteiger partial charge in [0, 0.05) is 41.8 Å². The topological polar surface area (TPSA) is 71.1 Å². The van der Waals surface area contributed by atoms with Crippen LogP contribution in [0.1, 0.15) is 6.92 Å². The molecule has 1 atom stereocenters. The van der Waals surface area contributed by atoms with E-state index in [-0.39, 0.29) is 4.90 Å². The van der Waals surface area contributed by atoms with Crippen molar-refractivity contribution in [2.45, 2.75) is 17.1 Å². The molecule has 5 nitrogen and oxygen atoms in total. The van der Waals surface area contributed by atoms with Crippen LogP contribution in [0.5, 0.6) is 0 Å². The number of hydrogen-bond donors (Lipinski definition) is 2. The fourth-order valence-electron chi connectivity index (χ4n) is 1.81. The minimum atomic E-state index is -3.56. The van der Waals surface area contributed by atoms with E-state index in [4.69, 9.17) is 11.6 Å². The van der Waals surface area contributed by atoms with Gasteiger partial charge in [-0.25, -0.2) is 18.1 Å². The molecule has 1 aromatic rings. The number of nitrogens with one attached hydrogen (secondary N) is 2. The summed E-state index contributed by atoms with van der Waals surface area (Å²) in [6.45, 7) is 3.03. The van der Waals surface area contributed by atoms with Crippen LogP contribution in [0.2, 0.25) is 5.02 Å². The molecule has 1 aromatic heterocycles. The first kappa shape index (κ1) is 17.2. The van der Waals surface area contributed by atoms with Gasteiger partial charge in [-0.15, -0.1) is 0 Å². The average molecular weight is 368 g/mol. The van der Waals surface area contributed by atoms with Crippen LogP contribution >= 0.6 is 35.1 Å². The second-order valence-corrected chi connectivity index (χ2v) is 9.18. The lowest BCUT2D eigenvalue weighted by atomic mass is 10.4. The highest BCUT2D eigenvalue weighted by Crippen LogP contribution is 2.25. The molecule has 118 valence electrons. The van der Waals surface area contributed by atoms with E-state index in [1.165, 1.54) is 12.3 Å². The Bertz CT molecular complexity index is 577. The lowest BCUT2D eigenvalue weighted by Gasteiger charge is -2.21. The molecule has 9 heteroatoms. The highest BCUT2D eigenvalue weighted by Gasteiger charge is 2.20. The fraction of sp³-hybridized carbons (Fsp3) is 0.583. The summed E-state index contributed by atoms with van der Waals surface area (Å²) in [4.78, 5) is 4.16. The Morgan fingerprint density at radius 1 is 1.48 bits per heavy atom. The van der Waals surface area contributed by atoms with Gasteiger partial charge in [-0.1, -0.05) is 11.6 Å². The number of sulfonamides is 1. The van der Waals surface area contributed by atoms with Gasteiger partial charge in [-0.05, 0) is 13.0 Å². The van der Waals surface area contributed by atoms with E-state index in [1.807, 2.05) is 30.4 Å². The molecule has 0 amide bonds. The molecule has 0 aliphatic carbocycles. The molecule has 1 saturated heterocycles. The van der Waals surface area contributed by atoms with E-state index >= 15 is 0 Å². The van der Waals surface area contributed by atoms with Crippen molar-refractivity contribution in [3.63, 3.8) is 0 Å². The standard InChI is InChI=1S/C12H18ClN3O2S3/c1-2-14-12-11(13)5-10(7-15-12)21(17,18)16-6-9-8-19-3-4-20-9/h5,7,9,16H,2-4,6,8H2,1H3,(H,14,15). The number of thioether (sulfide) groups is 2. The monoisotopic (exact) mass is 367 g/mol. The predicted octanol–water partition coefficient (Wildman–Crippen LogP) is 2.29. The first-order valence-corrected chi connectivity index (χ1v) is 10.7. The van der Waals surface area contributed by atoms with Crippen LogP contribution in [-0.4, -0.2) is 49.0 Å². The first-order valence-electron chi connectivity index (χ1n) is 6.61. The van der Waals surface area contributed by atoms with Crippen molar-refractivity contribution in [1.29, 1.82) is 0 Å². The highest BCUT2D eigenvalue weighted by molar-refractivity contribution is 8.06.